The van der Waals surface area contributed by atoms with Gasteiger partial charge < -0.3 is 5.32 Å². The number of alkyl halides is 1. The minimum atomic E-state index is -0.0438. The van der Waals surface area contributed by atoms with Gasteiger partial charge in [0, 0.05) is 29.3 Å². The van der Waals surface area contributed by atoms with Crippen molar-refractivity contribution in [2.45, 2.75) is 19.9 Å². The second-order valence-electron chi connectivity index (χ2n) is 3.63. The van der Waals surface area contributed by atoms with E-state index in [1.807, 2.05) is 6.92 Å². The van der Waals surface area contributed by atoms with Crippen LogP contribution in [0.2, 0.25) is 0 Å². The van der Waals surface area contributed by atoms with Gasteiger partial charge in [-0.15, -0.1) is 0 Å². The van der Waals surface area contributed by atoms with Gasteiger partial charge in [-0.1, -0.05) is 22.9 Å². The fourth-order valence-electron chi connectivity index (χ4n) is 1.07. The second kappa shape index (κ2) is 5.85. The van der Waals surface area contributed by atoms with Crippen molar-refractivity contribution in [3.63, 3.8) is 0 Å². The Morgan fingerprint density at radius 2 is 2.07 bits per heavy atom. The molecule has 0 aliphatic rings. The SMILES string of the molecule is CC(CBr)C(C)NC(=O)c1ccncc1. The maximum atomic E-state index is 11.7. The van der Waals surface area contributed by atoms with Gasteiger partial charge in [-0.2, -0.15) is 0 Å². The number of rotatable bonds is 4. The summed E-state index contributed by atoms with van der Waals surface area (Å²) < 4.78 is 0. The molecule has 0 aromatic carbocycles. The van der Waals surface area contributed by atoms with Gasteiger partial charge in [0.05, 0.1) is 0 Å². The Labute approximate surface area is 98.4 Å². The summed E-state index contributed by atoms with van der Waals surface area (Å²) in [6, 6.07) is 3.58. The third kappa shape index (κ3) is 3.63. The highest BCUT2D eigenvalue weighted by Gasteiger charge is 2.14. The smallest absolute Gasteiger partial charge is 0.251 e. The Bertz CT molecular complexity index is 316. The van der Waals surface area contributed by atoms with E-state index in [9.17, 15) is 4.79 Å². The number of carbonyl (C=O) groups excluding carboxylic acids is 1. The molecule has 4 heteroatoms. The molecular formula is C11H15BrN2O. The highest BCUT2D eigenvalue weighted by Crippen LogP contribution is 2.07. The predicted molar refractivity (Wildman–Crippen MR) is 64.1 cm³/mol. The van der Waals surface area contributed by atoms with Crippen molar-refractivity contribution < 1.29 is 4.79 Å². The molecule has 1 N–H and O–H groups in total. The van der Waals surface area contributed by atoms with Gasteiger partial charge in [0.2, 0.25) is 0 Å². The standard InChI is InChI=1S/C11H15BrN2O/c1-8(7-12)9(2)14-11(15)10-3-5-13-6-4-10/h3-6,8-9H,7H2,1-2H3,(H,14,15). The zero-order chi connectivity index (χ0) is 11.3. The summed E-state index contributed by atoms with van der Waals surface area (Å²) in [5.41, 5.74) is 0.652. The first-order chi connectivity index (χ1) is 7.15. The fourth-order valence-corrected chi connectivity index (χ4v) is 1.63. The molecule has 3 nitrogen and oxygen atoms in total. The Hall–Kier alpha value is -0.900. The van der Waals surface area contributed by atoms with Crippen molar-refractivity contribution in [1.82, 2.24) is 10.3 Å². The van der Waals surface area contributed by atoms with Gasteiger partial charge in [0.15, 0.2) is 0 Å². The number of nitrogens with one attached hydrogen (secondary N) is 1. The lowest BCUT2D eigenvalue weighted by Gasteiger charge is -2.19. The lowest BCUT2D eigenvalue weighted by molar-refractivity contribution is 0.0931. The van der Waals surface area contributed by atoms with Gasteiger partial charge >= 0.3 is 0 Å². The van der Waals surface area contributed by atoms with Crippen LogP contribution in [0.3, 0.4) is 0 Å². The monoisotopic (exact) mass is 270 g/mol. The van der Waals surface area contributed by atoms with Gasteiger partial charge in [-0.3, -0.25) is 9.78 Å². The van der Waals surface area contributed by atoms with Gasteiger partial charge in [-0.25, -0.2) is 0 Å². The molecule has 1 aromatic rings. The number of carbonyl (C=O) groups is 1. The maximum absolute atomic E-state index is 11.7. The molecule has 1 aromatic heterocycles. The van der Waals surface area contributed by atoms with E-state index in [1.165, 1.54) is 0 Å². The molecule has 0 spiro atoms. The third-order valence-corrected chi connectivity index (χ3v) is 3.42. The summed E-state index contributed by atoms with van der Waals surface area (Å²) in [4.78, 5) is 15.6. The number of hydrogen-bond donors (Lipinski definition) is 1. The van der Waals surface area contributed by atoms with Gasteiger partial charge in [0.25, 0.3) is 5.91 Å². The molecule has 15 heavy (non-hydrogen) atoms. The van der Waals surface area contributed by atoms with Crippen LogP contribution in [0.4, 0.5) is 0 Å². The molecule has 0 aliphatic heterocycles. The number of amides is 1. The van der Waals surface area contributed by atoms with Crippen molar-refractivity contribution in [3.8, 4) is 0 Å². The molecule has 0 radical (unpaired) electrons. The van der Waals surface area contributed by atoms with Crippen LogP contribution in [-0.4, -0.2) is 22.3 Å². The highest BCUT2D eigenvalue weighted by atomic mass is 79.9. The molecule has 0 aliphatic carbocycles. The lowest BCUT2D eigenvalue weighted by atomic mass is 10.1. The average molecular weight is 271 g/mol. The Morgan fingerprint density at radius 1 is 1.47 bits per heavy atom. The summed E-state index contributed by atoms with van der Waals surface area (Å²) in [7, 11) is 0. The molecule has 2 atom stereocenters. The van der Waals surface area contributed by atoms with E-state index in [0.29, 0.717) is 11.5 Å². The predicted octanol–water partition coefficient (Wildman–Crippen LogP) is 2.23. The third-order valence-electron chi connectivity index (χ3n) is 2.40. The molecule has 0 saturated heterocycles. The van der Waals surface area contributed by atoms with Crippen LogP contribution in [0.25, 0.3) is 0 Å². The van der Waals surface area contributed by atoms with Crippen LogP contribution in [0, 0.1) is 5.92 Å². The number of halogens is 1. The molecule has 0 bridgehead atoms. The molecule has 2 unspecified atom stereocenters. The van der Waals surface area contributed by atoms with Crippen molar-refractivity contribution in [2.75, 3.05) is 5.33 Å². The molecule has 1 heterocycles. The maximum Gasteiger partial charge on any atom is 0.251 e. The summed E-state index contributed by atoms with van der Waals surface area (Å²) in [5.74, 6) is 0.369. The minimum Gasteiger partial charge on any atom is -0.349 e. The first kappa shape index (κ1) is 12.2. The van der Waals surface area contributed by atoms with Crippen LogP contribution < -0.4 is 5.32 Å². The topological polar surface area (TPSA) is 42.0 Å². The van der Waals surface area contributed by atoms with Crippen LogP contribution >= 0.6 is 15.9 Å². The van der Waals surface area contributed by atoms with Crippen molar-refractivity contribution in [3.05, 3.63) is 30.1 Å². The molecule has 0 fully saturated rings. The number of hydrogen-bond acceptors (Lipinski definition) is 2. The molecule has 82 valence electrons. The van der Waals surface area contributed by atoms with E-state index in [4.69, 9.17) is 0 Å². The average Bonchev–Trinajstić information content (AvgIpc) is 2.29. The first-order valence-corrected chi connectivity index (χ1v) is 6.04. The van der Waals surface area contributed by atoms with Crippen LogP contribution in [0.5, 0.6) is 0 Å². The molecule has 1 rings (SSSR count). The number of pyridine rings is 1. The molecule has 1 amide bonds. The summed E-state index contributed by atoms with van der Waals surface area (Å²) in [6.45, 7) is 4.09. The Morgan fingerprint density at radius 3 is 2.60 bits per heavy atom. The largest absolute Gasteiger partial charge is 0.349 e. The van der Waals surface area contributed by atoms with Crippen molar-refractivity contribution in [2.24, 2.45) is 5.92 Å². The first-order valence-electron chi connectivity index (χ1n) is 4.92. The molecular weight excluding hydrogens is 256 g/mol. The fraction of sp³-hybridized carbons (Fsp3) is 0.455. The number of nitrogens with zero attached hydrogens (tertiary/aromatic N) is 1. The Kier molecular flexibility index (Phi) is 4.75. The van der Waals surface area contributed by atoms with E-state index in [2.05, 4.69) is 33.2 Å². The van der Waals surface area contributed by atoms with Crippen molar-refractivity contribution >= 4 is 21.8 Å². The van der Waals surface area contributed by atoms with E-state index < -0.39 is 0 Å². The van der Waals surface area contributed by atoms with Gasteiger partial charge in [0.1, 0.15) is 0 Å². The van der Waals surface area contributed by atoms with E-state index in [-0.39, 0.29) is 11.9 Å². The normalized spacial score (nSPS) is 14.3. The minimum absolute atomic E-state index is 0.0438. The van der Waals surface area contributed by atoms with Crippen LogP contribution in [0.1, 0.15) is 24.2 Å². The van der Waals surface area contributed by atoms with E-state index in [1.54, 1.807) is 24.5 Å². The van der Waals surface area contributed by atoms with Crippen LogP contribution in [-0.2, 0) is 0 Å². The lowest BCUT2D eigenvalue weighted by Crippen LogP contribution is -2.37. The second-order valence-corrected chi connectivity index (χ2v) is 4.28. The van der Waals surface area contributed by atoms with Gasteiger partial charge in [-0.05, 0) is 25.0 Å². The zero-order valence-electron chi connectivity index (χ0n) is 8.90. The summed E-state index contributed by atoms with van der Waals surface area (Å²) in [6.07, 6.45) is 3.24. The van der Waals surface area contributed by atoms with Crippen molar-refractivity contribution in [1.29, 1.82) is 0 Å². The number of aromatic nitrogens is 1. The molecule has 0 saturated carbocycles. The summed E-state index contributed by atoms with van der Waals surface area (Å²) in [5, 5.41) is 3.83. The van der Waals surface area contributed by atoms with Crippen LogP contribution in [0.15, 0.2) is 24.5 Å². The van der Waals surface area contributed by atoms with E-state index >= 15 is 0 Å². The van der Waals surface area contributed by atoms with E-state index in [0.717, 1.165) is 5.33 Å². The highest BCUT2D eigenvalue weighted by molar-refractivity contribution is 9.09. The Balaban J connectivity index is 2.57. The quantitative estimate of drug-likeness (QED) is 0.853. The zero-order valence-corrected chi connectivity index (χ0v) is 10.5. The summed E-state index contributed by atoms with van der Waals surface area (Å²) >= 11 is 3.40.